The van der Waals surface area contributed by atoms with Gasteiger partial charge in [0.25, 0.3) is 5.91 Å². The molecule has 88 valence electrons. The molecule has 0 aliphatic carbocycles. The molecule has 3 amide bonds. The Balaban J connectivity index is 2.49. The van der Waals surface area contributed by atoms with Crippen LogP contribution in [-0.4, -0.2) is 23.1 Å². The van der Waals surface area contributed by atoms with Gasteiger partial charge in [0.2, 0.25) is 0 Å². The Morgan fingerprint density at radius 2 is 2.25 bits per heavy atom. The van der Waals surface area contributed by atoms with Crippen LogP contribution in [0.25, 0.3) is 0 Å². The molecule has 0 aromatic carbocycles. The third-order valence-electron chi connectivity index (χ3n) is 2.08. The number of hydrogen-bond donors (Lipinski definition) is 2. The molecule has 6 heteroatoms. The number of carbonyl (C=O) groups is 2. The van der Waals surface area contributed by atoms with Crippen molar-refractivity contribution >= 4 is 11.9 Å². The van der Waals surface area contributed by atoms with Crippen molar-refractivity contribution in [2.24, 2.45) is 0 Å². The molecule has 16 heavy (non-hydrogen) atoms. The minimum absolute atomic E-state index is 0.0202. The first-order valence-corrected chi connectivity index (χ1v) is 5.08. The molecule has 1 heterocycles. The Morgan fingerprint density at radius 1 is 1.56 bits per heavy atom. The first-order valence-electron chi connectivity index (χ1n) is 5.08. The minimum Gasteiger partial charge on any atom is -0.361 e. The standard InChI is InChI=1S/C10H15N3O3/c1-4-6(2)11-10(15)12-9(14)8-5-7(3)16-13-8/h5-6H,4H2,1-3H3,(H2,11,12,14,15). The number of aromatic nitrogens is 1. The van der Waals surface area contributed by atoms with Gasteiger partial charge in [-0.3, -0.25) is 10.1 Å². The molecule has 1 aromatic heterocycles. The highest BCUT2D eigenvalue weighted by atomic mass is 16.5. The van der Waals surface area contributed by atoms with E-state index in [-0.39, 0.29) is 11.7 Å². The van der Waals surface area contributed by atoms with E-state index < -0.39 is 11.9 Å². The van der Waals surface area contributed by atoms with Crippen molar-refractivity contribution < 1.29 is 14.1 Å². The van der Waals surface area contributed by atoms with Crippen molar-refractivity contribution in [3.05, 3.63) is 17.5 Å². The zero-order chi connectivity index (χ0) is 12.1. The van der Waals surface area contributed by atoms with Gasteiger partial charge in [0.05, 0.1) is 0 Å². The maximum absolute atomic E-state index is 11.4. The second-order valence-electron chi connectivity index (χ2n) is 3.56. The highest BCUT2D eigenvalue weighted by Crippen LogP contribution is 2.00. The molecular formula is C10H15N3O3. The molecule has 0 fully saturated rings. The summed E-state index contributed by atoms with van der Waals surface area (Å²) in [6, 6.07) is 0.957. The van der Waals surface area contributed by atoms with Gasteiger partial charge in [-0.2, -0.15) is 0 Å². The van der Waals surface area contributed by atoms with Gasteiger partial charge in [0, 0.05) is 12.1 Å². The summed E-state index contributed by atoms with van der Waals surface area (Å²) in [5.41, 5.74) is 0.0943. The zero-order valence-corrected chi connectivity index (χ0v) is 9.53. The smallest absolute Gasteiger partial charge is 0.321 e. The van der Waals surface area contributed by atoms with Gasteiger partial charge in [0.15, 0.2) is 5.69 Å². The molecule has 1 atom stereocenters. The maximum atomic E-state index is 11.4. The number of imide groups is 1. The fraction of sp³-hybridized carbons (Fsp3) is 0.500. The van der Waals surface area contributed by atoms with Gasteiger partial charge in [-0.15, -0.1) is 0 Å². The summed E-state index contributed by atoms with van der Waals surface area (Å²) in [6.07, 6.45) is 0.796. The summed E-state index contributed by atoms with van der Waals surface area (Å²) in [5.74, 6) is -0.0508. The summed E-state index contributed by atoms with van der Waals surface area (Å²) in [4.78, 5) is 22.7. The molecule has 1 aromatic rings. The van der Waals surface area contributed by atoms with Crippen LogP contribution in [0.4, 0.5) is 4.79 Å². The van der Waals surface area contributed by atoms with E-state index in [1.807, 2.05) is 13.8 Å². The highest BCUT2D eigenvalue weighted by Gasteiger charge is 2.14. The van der Waals surface area contributed by atoms with Crippen LogP contribution in [0.3, 0.4) is 0 Å². The average Bonchev–Trinajstić information content (AvgIpc) is 2.64. The van der Waals surface area contributed by atoms with E-state index in [1.165, 1.54) is 6.07 Å². The predicted molar refractivity (Wildman–Crippen MR) is 57.0 cm³/mol. The number of rotatable bonds is 3. The van der Waals surface area contributed by atoms with Crippen LogP contribution in [-0.2, 0) is 0 Å². The van der Waals surface area contributed by atoms with E-state index >= 15 is 0 Å². The van der Waals surface area contributed by atoms with Crippen LogP contribution < -0.4 is 10.6 Å². The van der Waals surface area contributed by atoms with Crippen LogP contribution >= 0.6 is 0 Å². The van der Waals surface area contributed by atoms with Crippen LogP contribution in [0.1, 0.15) is 36.5 Å². The SMILES string of the molecule is CCC(C)NC(=O)NC(=O)c1cc(C)on1. The molecule has 0 saturated carbocycles. The molecule has 1 unspecified atom stereocenters. The number of nitrogens with one attached hydrogen (secondary N) is 2. The van der Waals surface area contributed by atoms with Crippen LogP contribution in [0.15, 0.2) is 10.6 Å². The quantitative estimate of drug-likeness (QED) is 0.810. The van der Waals surface area contributed by atoms with E-state index in [1.54, 1.807) is 6.92 Å². The van der Waals surface area contributed by atoms with E-state index in [0.717, 1.165) is 6.42 Å². The van der Waals surface area contributed by atoms with Gasteiger partial charge < -0.3 is 9.84 Å². The summed E-state index contributed by atoms with van der Waals surface area (Å²) >= 11 is 0. The van der Waals surface area contributed by atoms with Gasteiger partial charge >= 0.3 is 6.03 Å². The first-order chi connectivity index (χ1) is 7.52. The molecule has 0 aliphatic heterocycles. The molecule has 0 bridgehead atoms. The van der Waals surface area contributed by atoms with E-state index in [9.17, 15) is 9.59 Å². The van der Waals surface area contributed by atoms with Crippen molar-refractivity contribution in [2.45, 2.75) is 33.2 Å². The largest absolute Gasteiger partial charge is 0.361 e. The van der Waals surface area contributed by atoms with Crippen LogP contribution in [0.2, 0.25) is 0 Å². The van der Waals surface area contributed by atoms with Crippen molar-refractivity contribution in [2.75, 3.05) is 0 Å². The average molecular weight is 225 g/mol. The number of carbonyl (C=O) groups excluding carboxylic acids is 2. The molecular weight excluding hydrogens is 210 g/mol. The lowest BCUT2D eigenvalue weighted by Gasteiger charge is -2.10. The molecule has 0 saturated heterocycles. The van der Waals surface area contributed by atoms with Gasteiger partial charge in [-0.1, -0.05) is 12.1 Å². The Labute approximate surface area is 93.4 Å². The fourth-order valence-electron chi connectivity index (χ4n) is 1.00. The van der Waals surface area contributed by atoms with Crippen molar-refractivity contribution in [3.63, 3.8) is 0 Å². The molecule has 0 aliphatic rings. The minimum atomic E-state index is -0.572. The summed E-state index contributed by atoms with van der Waals surface area (Å²) in [5, 5.41) is 8.27. The van der Waals surface area contributed by atoms with Gasteiger partial charge in [-0.05, 0) is 20.3 Å². The second kappa shape index (κ2) is 5.29. The van der Waals surface area contributed by atoms with Crippen LogP contribution in [0.5, 0.6) is 0 Å². The normalized spacial score (nSPS) is 11.9. The second-order valence-corrected chi connectivity index (χ2v) is 3.56. The maximum Gasteiger partial charge on any atom is 0.321 e. The number of urea groups is 1. The number of nitrogens with zero attached hydrogens (tertiary/aromatic N) is 1. The van der Waals surface area contributed by atoms with Gasteiger partial charge in [-0.25, -0.2) is 4.79 Å². The number of amides is 3. The van der Waals surface area contributed by atoms with Crippen molar-refractivity contribution in [1.29, 1.82) is 0 Å². The zero-order valence-electron chi connectivity index (χ0n) is 9.53. The Kier molecular flexibility index (Phi) is 4.04. The van der Waals surface area contributed by atoms with E-state index in [2.05, 4.69) is 15.8 Å². The summed E-state index contributed by atoms with van der Waals surface area (Å²) in [7, 11) is 0. The lowest BCUT2D eigenvalue weighted by Crippen LogP contribution is -2.43. The third-order valence-corrected chi connectivity index (χ3v) is 2.08. The van der Waals surface area contributed by atoms with Gasteiger partial charge in [0.1, 0.15) is 5.76 Å². The highest BCUT2D eigenvalue weighted by molar-refractivity contribution is 6.03. The Hall–Kier alpha value is -1.85. The Bertz CT molecular complexity index is 386. The topological polar surface area (TPSA) is 84.2 Å². The lowest BCUT2D eigenvalue weighted by molar-refractivity contribution is 0.0954. The Morgan fingerprint density at radius 3 is 2.75 bits per heavy atom. The van der Waals surface area contributed by atoms with E-state index in [4.69, 9.17) is 4.52 Å². The monoisotopic (exact) mass is 225 g/mol. The molecule has 1 rings (SSSR count). The first kappa shape index (κ1) is 12.2. The molecule has 0 radical (unpaired) electrons. The lowest BCUT2D eigenvalue weighted by atomic mass is 10.3. The number of aryl methyl sites for hydroxylation is 1. The molecule has 6 nitrogen and oxygen atoms in total. The summed E-state index contributed by atoms with van der Waals surface area (Å²) in [6.45, 7) is 5.46. The summed E-state index contributed by atoms with van der Waals surface area (Å²) < 4.78 is 4.73. The third kappa shape index (κ3) is 3.38. The van der Waals surface area contributed by atoms with Crippen LogP contribution in [0, 0.1) is 6.92 Å². The number of hydrogen-bond acceptors (Lipinski definition) is 4. The predicted octanol–water partition coefficient (Wildman–Crippen LogP) is 1.22. The van der Waals surface area contributed by atoms with E-state index in [0.29, 0.717) is 5.76 Å². The van der Waals surface area contributed by atoms with Crippen molar-refractivity contribution in [3.8, 4) is 0 Å². The fourth-order valence-corrected chi connectivity index (χ4v) is 1.00. The van der Waals surface area contributed by atoms with Crippen molar-refractivity contribution in [1.82, 2.24) is 15.8 Å². The molecule has 0 spiro atoms. The molecule has 2 N–H and O–H groups in total.